The number of pyridine rings is 1. The van der Waals surface area contributed by atoms with E-state index in [2.05, 4.69) is 26.0 Å². The molecular formula is C9H6BrCl2N3O2. The van der Waals surface area contributed by atoms with Crippen LogP contribution in [0.4, 0.5) is 5.82 Å². The van der Waals surface area contributed by atoms with Crippen molar-refractivity contribution in [1.82, 2.24) is 4.98 Å². The number of carboxylic acids is 1. The van der Waals surface area contributed by atoms with E-state index >= 15 is 0 Å². The van der Waals surface area contributed by atoms with Gasteiger partial charge < -0.3 is 5.11 Å². The lowest BCUT2D eigenvalue weighted by Crippen LogP contribution is -2.34. The third-order valence-electron chi connectivity index (χ3n) is 2.16. The molecule has 17 heavy (non-hydrogen) atoms. The molecule has 0 spiro atoms. The molecule has 1 N–H and O–H groups in total. The molecule has 5 nitrogen and oxygen atoms in total. The lowest BCUT2D eigenvalue weighted by atomic mass is 10.2. The summed E-state index contributed by atoms with van der Waals surface area (Å²) in [6, 6.07) is 0.682. The summed E-state index contributed by atoms with van der Waals surface area (Å²) in [5, 5.41) is 15.0. The predicted molar refractivity (Wildman–Crippen MR) is 69.1 cm³/mol. The Morgan fingerprint density at radius 3 is 2.88 bits per heavy atom. The van der Waals surface area contributed by atoms with Gasteiger partial charge in [-0.3, -0.25) is 0 Å². The number of hydrogen-bond donors (Lipinski definition) is 1. The first-order valence-electron chi connectivity index (χ1n) is 4.55. The van der Waals surface area contributed by atoms with Crippen molar-refractivity contribution < 1.29 is 9.90 Å². The molecule has 0 amide bonds. The highest BCUT2D eigenvalue weighted by Crippen LogP contribution is 2.31. The van der Waals surface area contributed by atoms with Crippen LogP contribution in [0.5, 0.6) is 0 Å². The first kappa shape index (κ1) is 12.6. The molecule has 90 valence electrons. The van der Waals surface area contributed by atoms with Gasteiger partial charge in [-0.15, -0.1) is 0 Å². The minimum Gasteiger partial charge on any atom is -0.480 e. The van der Waals surface area contributed by atoms with E-state index in [1.807, 2.05) is 0 Å². The quantitative estimate of drug-likeness (QED) is 0.900. The van der Waals surface area contributed by atoms with Gasteiger partial charge in [0.1, 0.15) is 4.62 Å². The van der Waals surface area contributed by atoms with Gasteiger partial charge >= 0.3 is 5.97 Å². The molecule has 0 bridgehead atoms. The molecule has 0 saturated carbocycles. The number of carbonyl (C=O) groups is 1. The van der Waals surface area contributed by atoms with Gasteiger partial charge in [0.25, 0.3) is 0 Å². The largest absolute Gasteiger partial charge is 0.480 e. The third kappa shape index (κ3) is 2.53. The van der Waals surface area contributed by atoms with Gasteiger partial charge in [-0.2, -0.15) is 5.10 Å². The number of halogens is 3. The molecule has 0 fully saturated rings. The molecule has 0 radical (unpaired) electrons. The highest BCUT2D eigenvalue weighted by molar-refractivity contribution is 9.18. The summed E-state index contributed by atoms with van der Waals surface area (Å²) < 4.78 is 0.540. The summed E-state index contributed by atoms with van der Waals surface area (Å²) in [6.45, 7) is 0. The SMILES string of the molecule is O=C(O)C1CC(Br)=NN1c1ncc(Cl)cc1Cl. The van der Waals surface area contributed by atoms with Crippen LogP contribution in [0.25, 0.3) is 0 Å². The number of nitrogens with zero attached hydrogens (tertiary/aromatic N) is 3. The molecule has 2 heterocycles. The maximum absolute atomic E-state index is 11.1. The summed E-state index contributed by atoms with van der Waals surface area (Å²) in [7, 11) is 0. The van der Waals surface area contributed by atoms with Gasteiger partial charge in [-0.25, -0.2) is 14.8 Å². The zero-order valence-electron chi connectivity index (χ0n) is 8.27. The average Bonchev–Trinajstić information content (AvgIpc) is 2.60. The zero-order valence-corrected chi connectivity index (χ0v) is 11.4. The van der Waals surface area contributed by atoms with Gasteiger partial charge in [0.15, 0.2) is 11.9 Å². The number of anilines is 1. The standard InChI is InChI=1S/C9H6BrCl2N3O2/c10-7-2-6(9(16)17)15(14-7)8-5(12)1-4(11)3-13-8/h1,3,6H,2H2,(H,16,17). The predicted octanol–water partition coefficient (Wildman–Crippen LogP) is 2.76. The number of carboxylic acid groups (broad SMARTS) is 1. The zero-order chi connectivity index (χ0) is 12.6. The molecule has 1 aromatic heterocycles. The lowest BCUT2D eigenvalue weighted by Gasteiger charge is -2.19. The minimum absolute atomic E-state index is 0.259. The highest BCUT2D eigenvalue weighted by atomic mass is 79.9. The Kier molecular flexibility index (Phi) is 3.56. The molecule has 8 heteroatoms. The molecule has 0 aromatic carbocycles. The molecular weight excluding hydrogens is 333 g/mol. The van der Waals surface area contributed by atoms with Crippen LogP contribution in [0.1, 0.15) is 6.42 Å². The molecule has 0 aliphatic carbocycles. The Bertz CT molecular complexity index is 509. The van der Waals surface area contributed by atoms with Crippen LogP contribution >= 0.6 is 39.1 Å². The van der Waals surface area contributed by atoms with E-state index in [4.69, 9.17) is 28.3 Å². The summed E-state index contributed by atoms with van der Waals surface area (Å²) in [5.41, 5.74) is 0. The fourth-order valence-corrected chi connectivity index (χ4v) is 2.38. The van der Waals surface area contributed by atoms with Gasteiger partial charge in [-0.05, 0) is 22.0 Å². The fraction of sp³-hybridized carbons (Fsp3) is 0.222. The molecule has 1 aromatic rings. The summed E-state index contributed by atoms with van der Waals surface area (Å²) in [6.07, 6.45) is 1.67. The van der Waals surface area contributed by atoms with Crippen molar-refractivity contribution in [3.63, 3.8) is 0 Å². The number of hydrazone groups is 1. The number of aliphatic carboxylic acids is 1. The van der Waals surface area contributed by atoms with E-state index in [9.17, 15) is 4.79 Å². The van der Waals surface area contributed by atoms with E-state index in [-0.39, 0.29) is 17.3 Å². The number of rotatable bonds is 2. The maximum atomic E-state index is 11.1. The Balaban J connectivity index is 2.41. The maximum Gasteiger partial charge on any atom is 0.329 e. The molecule has 2 rings (SSSR count). The number of hydrogen-bond acceptors (Lipinski definition) is 4. The van der Waals surface area contributed by atoms with Gasteiger partial charge in [0.2, 0.25) is 0 Å². The van der Waals surface area contributed by atoms with Gasteiger partial charge in [0, 0.05) is 12.6 Å². The van der Waals surface area contributed by atoms with E-state index in [0.717, 1.165) is 0 Å². The van der Waals surface area contributed by atoms with E-state index in [1.165, 1.54) is 17.3 Å². The van der Waals surface area contributed by atoms with Crippen LogP contribution in [-0.2, 0) is 4.79 Å². The lowest BCUT2D eigenvalue weighted by molar-refractivity contribution is -0.138. The monoisotopic (exact) mass is 337 g/mol. The summed E-state index contributed by atoms with van der Waals surface area (Å²) >= 11 is 14.9. The summed E-state index contributed by atoms with van der Waals surface area (Å²) in [4.78, 5) is 15.1. The van der Waals surface area contributed by atoms with Crippen LogP contribution in [0.15, 0.2) is 17.4 Å². The minimum atomic E-state index is -0.990. The first-order chi connectivity index (χ1) is 7.99. The third-order valence-corrected chi connectivity index (χ3v) is 3.13. The van der Waals surface area contributed by atoms with Crippen LogP contribution in [0.3, 0.4) is 0 Å². The highest BCUT2D eigenvalue weighted by Gasteiger charge is 2.34. The second kappa shape index (κ2) is 4.80. The van der Waals surface area contributed by atoms with Crippen LogP contribution < -0.4 is 5.01 Å². The normalized spacial score (nSPS) is 19.4. The second-order valence-corrected chi connectivity index (χ2v) is 5.10. The second-order valence-electron chi connectivity index (χ2n) is 3.34. The Labute approximate surface area is 115 Å². The van der Waals surface area contributed by atoms with Crippen molar-refractivity contribution in [1.29, 1.82) is 0 Å². The van der Waals surface area contributed by atoms with Gasteiger partial charge in [0.05, 0.1) is 10.0 Å². The molecule has 1 atom stereocenters. The Morgan fingerprint density at radius 2 is 2.29 bits per heavy atom. The van der Waals surface area contributed by atoms with Crippen molar-refractivity contribution in [2.24, 2.45) is 5.10 Å². The smallest absolute Gasteiger partial charge is 0.329 e. The van der Waals surface area contributed by atoms with Crippen LogP contribution in [-0.4, -0.2) is 26.7 Å². The van der Waals surface area contributed by atoms with Crippen molar-refractivity contribution in [3.05, 3.63) is 22.3 Å². The molecule has 1 aliphatic heterocycles. The molecule has 1 unspecified atom stereocenters. The average molecular weight is 339 g/mol. The fourth-order valence-electron chi connectivity index (χ4n) is 1.44. The van der Waals surface area contributed by atoms with Gasteiger partial charge in [-0.1, -0.05) is 23.2 Å². The molecule has 1 aliphatic rings. The van der Waals surface area contributed by atoms with Crippen molar-refractivity contribution in [3.8, 4) is 0 Å². The van der Waals surface area contributed by atoms with Crippen LogP contribution in [0.2, 0.25) is 10.0 Å². The summed E-state index contributed by atoms with van der Waals surface area (Å²) in [5.74, 6) is -0.714. The Hall–Kier alpha value is -0.850. The molecule has 0 saturated heterocycles. The van der Waals surface area contributed by atoms with E-state index in [1.54, 1.807) is 0 Å². The van der Waals surface area contributed by atoms with Crippen LogP contribution in [0, 0.1) is 0 Å². The topological polar surface area (TPSA) is 65.8 Å². The van der Waals surface area contributed by atoms with E-state index < -0.39 is 12.0 Å². The number of aromatic nitrogens is 1. The van der Waals surface area contributed by atoms with E-state index in [0.29, 0.717) is 9.64 Å². The Morgan fingerprint density at radius 1 is 1.59 bits per heavy atom. The van der Waals surface area contributed by atoms with Crippen molar-refractivity contribution in [2.45, 2.75) is 12.5 Å². The first-order valence-corrected chi connectivity index (χ1v) is 6.10. The van der Waals surface area contributed by atoms with Crippen molar-refractivity contribution in [2.75, 3.05) is 5.01 Å². The van der Waals surface area contributed by atoms with Crippen molar-refractivity contribution >= 4 is 55.5 Å².